The number of azide groups is 1. The SMILES string of the molecule is [N-]=[N+]=NCCC(O)C(O)c1ccc(F)cc1. The van der Waals surface area contributed by atoms with Gasteiger partial charge in [0.05, 0.1) is 6.10 Å². The Morgan fingerprint density at radius 1 is 1.31 bits per heavy atom. The average molecular weight is 225 g/mol. The maximum absolute atomic E-state index is 12.6. The van der Waals surface area contributed by atoms with Crippen LogP contribution in [0.3, 0.4) is 0 Å². The molecule has 0 aliphatic rings. The minimum absolute atomic E-state index is 0.107. The third-order valence-electron chi connectivity index (χ3n) is 2.16. The smallest absolute Gasteiger partial charge is 0.123 e. The van der Waals surface area contributed by atoms with Crippen molar-refractivity contribution < 1.29 is 14.6 Å². The van der Waals surface area contributed by atoms with Crippen molar-refractivity contribution in [3.05, 3.63) is 46.1 Å². The van der Waals surface area contributed by atoms with Gasteiger partial charge in [-0.1, -0.05) is 17.2 Å². The summed E-state index contributed by atoms with van der Waals surface area (Å²) in [7, 11) is 0. The number of halogens is 1. The monoisotopic (exact) mass is 225 g/mol. The minimum Gasteiger partial charge on any atom is -0.390 e. The summed E-state index contributed by atoms with van der Waals surface area (Å²) in [5.74, 6) is -0.403. The van der Waals surface area contributed by atoms with Crippen molar-refractivity contribution in [1.29, 1.82) is 0 Å². The number of nitrogens with zero attached hydrogens (tertiary/aromatic N) is 3. The molecule has 1 rings (SSSR count). The number of benzene rings is 1. The van der Waals surface area contributed by atoms with Crippen LogP contribution in [0.25, 0.3) is 10.4 Å². The normalized spacial score (nSPS) is 13.9. The molecular formula is C10H12FN3O2. The van der Waals surface area contributed by atoms with E-state index in [0.29, 0.717) is 5.56 Å². The van der Waals surface area contributed by atoms with E-state index in [4.69, 9.17) is 5.53 Å². The summed E-state index contributed by atoms with van der Waals surface area (Å²) in [5.41, 5.74) is 8.46. The molecule has 1 aromatic rings. The molecule has 0 spiro atoms. The summed E-state index contributed by atoms with van der Waals surface area (Å²) in [4.78, 5) is 2.53. The number of aliphatic hydroxyl groups is 2. The second kappa shape index (κ2) is 6.07. The van der Waals surface area contributed by atoms with Crippen LogP contribution in [-0.4, -0.2) is 22.9 Å². The highest BCUT2D eigenvalue weighted by Gasteiger charge is 2.17. The van der Waals surface area contributed by atoms with Crippen molar-refractivity contribution in [2.24, 2.45) is 5.11 Å². The Morgan fingerprint density at radius 3 is 2.50 bits per heavy atom. The molecular weight excluding hydrogens is 213 g/mol. The van der Waals surface area contributed by atoms with Crippen molar-refractivity contribution in [1.82, 2.24) is 0 Å². The summed E-state index contributed by atoms with van der Waals surface area (Å²) in [6.45, 7) is 0.107. The number of rotatable bonds is 5. The molecule has 2 N–H and O–H groups in total. The maximum atomic E-state index is 12.6. The molecule has 2 unspecified atom stereocenters. The molecule has 0 heterocycles. The number of hydrogen-bond donors (Lipinski definition) is 2. The molecule has 0 aliphatic heterocycles. The van der Waals surface area contributed by atoms with Gasteiger partial charge < -0.3 is 10.2 Å². The van der Waals surface area contributed by atoms with Crippen LogP contribution in [0.1, 0.15) is 18.1 Å². The van der Waals surface area contributed by atoms with Crippen molar-refractivity contribution in [3.63, 3.8) is 0 Å². The molecule has 0 fully saturated rings. The molecule has 86 valence electrons. The quantitative estimate of drug-likeness (QED) is 0.455. The van der Waals surface area contributed by atoms with Crippen LogP contribution in [0.2, 0.25) is 0 Å². The van der Waals surface area contributed by atoms with Crippen molar-refractivity contribution >= 4 is 0 Å². The van der Waals surface area contributed by atoms with E-state index in [1.807, 2.05) is 0 Å². The first-order chi connectivity index (χ1) is 7.65. The molecule has 1 aromatic carbocycles. The van der Waals surface area contributed by atoms with Crippen molar-refractivity contribution in [2.45, 2.75) is 18.6 Å². The Bertz CT molecular complexity index is 376. The lowest BCUT2D eigenvalue weighted by molar-refractivity contribution is 0.0150. The molecule has 0 bridgehead atoms. The van der Waals surface area contributed by atoms with Crippen molar-refractivity contribution in [3.8, 4) is 0 Å². The molecule has 2 atom stereocenters. The zero-order valence-electron chi connectivity index (χ0n) is 8.49. The zero-order valence-corrected chi connectivity index (χ0v) is 8.49. The summed E-state index contributed by atoms with van der Waals surface area (Å²) in [5, 5.41) is 22.5. The van der Waals surface area contributed by atoms with Crippen LogP contribution < -0.4 is 0 Å². The van der Waals surface area contributed by atoms with Gasteiger partial charge in [-0.15, -0.1) is 0 Å². The molecule has 0 amide bonds. The van der Waals surface area contributed by atoms with E-state index in [9.17, 15) is 14.6 Å². The van der Waals surface area contributed by atoms with Gasteiger partial charge >= 0.3 is 0 Å². The van der Waals surface area contributed by atoms with E-state index in [2.05, 4.69) is 10.0 Å². The molecule has 16 heavy (non-hydrogen) atoms. The summed E-state index contributed by atoms with van der Waals surface area (Å²) in [6.07, 6.45) is -1.98. The van der Waals surface area contributed by atoms with E-state index in [-0.39, 0.29) is 13.0 Å². The van der Waals surface area contributed by atoms with Crippen LogP contribution in [0.4, 0.5) is 4.39 Å². The summed E-state index contributed by atoms with van der Waals surface area (Å²) < 4.78 is 12.6. The van der Waals surface area contributed by atoms with E-state index in [0.717, 1.165) is 0 Å². The van der Waals surface area contributed by atoms with Gasteiger partial charge in [-0.25, -0.2) is 4.39 Å². The number of hydrogen-bond acceptors (Lipinski definition) is 3. The van der Waals surface area contributed by atoms with Crippen LogP contribution >= 0.6 is 0 Å². The van der Waals surface area contributed by atoms with Gasteiger partial charge in [0.25, 0.3) is 0 Å². The van der Waals surface area contributed by atoms with E-state index in [1.54, 1.807) is 0 Å². The predicted octanol–water partition coefficient (Wildman–Crippen LogP) is 1.92. The predicted molar refractivity (Wildman–Crippen MR) is 56.0 cm³/mol. The lowest BCUT2D eigenvalue weighted by Crippen LogP contribution is -2.19. The van der Waals surface area contributed by atoms with E-state index >= 15 is 0 Å². The molecule has 6 heteroatoms. The topological polar surface area (TPSA) is 89.2 Å². The lowest BCUT2D eigenvalue weighted by Gasteiger charge is -2.17. The summed E-state index contributed by atoms with van der Waals surface area (Å²) in [6, 6.07) is 5.21. The van der Waals surface area contributed by atoms with Gasteiger partial charge in [0.1, 0.15) is 11.9 Å². The largest absolute Gasteiger partial charge is 0.390 e. The highest BCUT2D eigenvalue weighted by Crippen LogP contribution is 2.19. The van der Waals surface area contributed by atoms with Gasteiger partial charge in [0.15, 0.2) is 0 Å². The third-order valence-corrected chi connectivity index (χ3v) is 2.16. The molecule has 0 saturated carbocycles. The Labute approximate surface area is 91.8 Å². The van der Waals surface area contributed by atoms with E-state index in [1.165, 1.54) is 24.3 Å². The highest BCUT2D eigenvalue weighted by atomic mass is 19.1. The maximum Gasteiger partial charge on any atom is 0.123 e. The van der Waals surface area contributed by atoms with Gasteiger partial charge in [0, 0.05) is 11.5 Å². The highest BCUT2D eigenvalue weighted by molar-refractivity contribution is 5.19. The first-order valence-corrected chi connectivity index (χ1v) is 4.77. The Morgan fingerprint density at radius 2 is 1.94 bits per heavy atom. The second-order valence-corrected chi connectivity index (χ2v) is 3.31. The fourth-order valence-corrected chi connectivity index (χ4v) is 1.27. The molecule has 0 aromatic heterocycles. The van der Waals surface area contributed by atoms with E-state index < -0.39 is 18.0 Å². The fourth-order valence-electron chi connectivity index (χ4n) is 1.27. The minimum atomic E-state index is -1.10. The first kappa shape index (κ1) is 12.4. The first-order valence-electron chi connectivity index (χ1n) is 4.77. The summed E-state index contributed by atoms with van der Waals surface area (Å²) >= 11 is 0. The lowest BCUT2D eigenvalue weighted by atomic mass is 10.0. The molecule has 0 aliphatic carbocycles. The molecule has 0 radical (unpaired) electrons. The van der Waals surface area contributed by atoms with Gasteiger partial charge in [-0.3, -0.25) is 0 Å². The van der Waals surface area contributed by atoms with Gasteiger partial charge in [0.2, 0.25) is 0 Å². The molecule has 5 nitrogen and oxygen atoms in total. The average Bonchev–Trinajstić information content (AvgIpc) is 2.29. The van der Waals surface area contributed by atoms with Gasteiger partial charge in [-0.05, 0) is 29.6 Å². The third kappa shape index (κ3) is 3.51. The fraction of sp³-hybridized carbons (Fsp3) is 0.400. The van der Waals surface area contributed by atoms with Crippen LogP contribution in [0.15, 0.2) is 29.4 Å². The Balaban J connectivity index is 2.58. The Kier molecular flexibility index (Phi) is 4.72. The van der Waals surface area contributed by atoms with Crippen LogP contribution in [0.5, 0.6) is 0 Å². The molecule has 0 saturated heterocycles. The number of aliphatic hydroxyl groups excluding tert-OH is 2. The van der Waals surface area contributed by atoms with Gasteiger partial charge in [-0.2, -0.15) is 0 Å². The van der Waals surface area contributed by atoms with Crippen LogP contribution in [0, 0.1) is 5.82 Å². The zero-order chi connectivity index (χ0) is 12.0. The van der Waals surface area contributed by atoms with Crippen molar-refractivity contribution in [2.75, 3.05) is 6.54 Å². The van der Waals surface area contributed by atoms with Crippen LogP contribution in [-0.2, 0) is 0 Å². The Hall–Kier alpha value is -1.62. The second-order valence-electron chi connectivity index (χ2n) is 3.31. The standard InChI is InChI=1S/C10H12FN3O2/c11-8-3-1-7(2-4-8)10(16)9(15)5-6-13-14-12/h1-4,9-10,15-16H,5-6H2.